The van der Waals surface area contributed by atoms with E-state index in [1.807, 2.05) is 25.1 Å². The van der Waals surface area contributed by atoms with E-state index >= 15 is 0 Å². The molecule has 0 aliphatic carbocycles. The summed E-state index contributed by atoms with van der Waals surface area (Å²) in [4.78, 5) is 16.7. The predicted octanol–water partition coefficient (Wildman–Crippen LogP) is 2.24. The second-order valence-electron chi connectivity index (χ2n) is 5.30. The van der Waals surface area contributed by atoms with Crippen molar-refractivity contribution >= 4 is 21.9 Å². The van der Waals surface area contributed by atoms with Gasteiger partial charge in [-0.25, -0.2) is 4.79 Å². The fourth-order valence-corrected chi connectivity index (χ4v) is 2.75. The van der Waals surface area contributed by atoms with Crippen molar-refractivity contribution in [1.29, 1.82) is 0 Å². The Morgan fingerprint density at radius 3 is 2.60 bits per heavy atom. The molecule has 1 aromatic carbocycles. The second-order valence-corrected chi connectivity index (χ2v) is 6.15. The van der Waals surface area contributed by atoms with Gasteiger partial charge in [-0.1, -0.05) is 12.1 Å². The van der Waals surface area contributed by atoms with Crippen LogP contribution in [0.2, 0.25) is 0 Å². The smallest absolute Gasteiger partial charge is 0.339 e. The van der Waals surface area contributed by atoms with Crippen LogP contribution >= 0.6 is 15.9 Å². The van der Waals surface area contributed by atoms with Gasteiger partial charge in [0, 0.05) is 37.2 Å². The van der Waals surface area contributed by atoms with E-state index in [-0.39, 0.29) is 12.1 Å². The first-order chi connectivity index (χ1) is 9.56. The topological polar surface area (TPSA) is 32.8 Å². The number of halogens is 1. The maximum absolute atomic E-state index is 12.1. The number of ether oxygens (including phenoxy) is 1. The van der Waals surface area contributed by atoms with Gasteiger partial charge in [-0.3, -0.25) is 4.90 Å². The molecular weight excluding hydrogens is 320 g/mol. The van der Waals surface area contributed by atoms with Crippen molar-refractivity contribution in [3.05, 3.63) is 34.3 Å². The highest BCUT2D eigenvalue weighted by Gasteiger charge is 2.19. The fourth-order valence-electron chi connectivity index (χ4n) is 2.30. The highest BCUT2D eigenvalue weighted by Crippen LogP contribution is 2.17. The summed E-state index contributed by atoms with van der Waals surface area (Å²) >= 11 is 3.38. The molecule has 4 nitrogen and oxygen atoms in total. The number of rotatable bonds is 4. The number of hydrogen-bond donors (Lipinski definition) is 0. The lowest BCUT2D eigenvalue weighted by Gasteiger charge is -2.33. The van der Waals surface area contributed by atoms with Crippen LogP contribution < -0.4 is 0 Å². The van der Waals surface area contributed by atoms with Crippen LogP contribution in [0.15, 0.2) is 28.7 Å². The summed E-state index contributed by atoms with van der Waals surface area (Å²) < 4.78 is 6.30. The minimum atomic E-state index is -0.265. The van der Waals surface area contributed by atoms with E-state index in [0.717, 1.165) is 37.2 Å². The van der Waals surface area contributed by atoms with Crippen molar-refractivity contribution in [3.63, 3.8) is 0 Å². The molecule has 0 amide bonds. The van der Waals surface area contributed by atoms with E-state index in [1.165, 1.54) is 0 Å². The van der Waals surface area contributed by atoms with Crippen LogP contribution in [0.3, 0.4) is 0 Å². The van der Waals surface area contributed by atoms with Crippen LogP contribution in [0.4, 0.5) is 0 Å². The quantitative estimate of drug-likeness (QED) is 0.787. The van der Waals surface area contributed by atoms with Crippen molar-refractivity contribution in [2.24, 2.45) is 0 Å². The summed E-state index contributed by atoms with van der Waals surface area (Å²) in [6.45, 7) is 6.97. The number of piperazine rings is 1. The zero-order chi connectivity index (χ0) is 14.5. The van der Waals surface area contributed by atoms with Crippen LogP contribution in [-0.2, 0) is 4.74 Å². The molecule has 0 spiro atoms. The first kappa shape index (κ1) is 15.5. The number of likely N-dealkylation sites (N-methyl/N-ethyl adjacent to an activating group) is 1. The Labute approximate surface area is 128 Å². The molecule has 0 bridgehead atoms. The molecule has 110 valence electrons. The van der Waals surface area contributed by atoms with E-state index < -0.39 is 0 Å². The average molecular weight is 341 g/mol. The third-order valence-corrected chi connectivity index (χ3v) is 4.20. The summed E-state index contributed by atoms with van der Waals surface area (Å²) in [5.74, 6) is -0.265. The van der Waals surface area contributed by atoms with Gasteiger partial charge in [0.15, 0.2) is 0 Å². The second kappa shape index (κ2) is 7.20. The first-order valence-corrected chi connectivity index (χ1v) is 7.72. The molecular formula is C15H21BrN2O2. The van der Waals surface area contributed by atoms with Gasteiger partial charge in [0.25, 0.3) is 0 Å². The lowest BCUT2D eigenvalue weighted by molar-refractivity contribution is 0.0206. The van der Waals surface area contributed by atoms with Crippen molar-refractivity contribution in [1.82, 2.24) is 9.80 Å². The third-order valence-electron chi connectivity index (χ3n) is 3.51. The number of nitrogens with zero attached hydrogens (tertiary/aromatic N) is 2. The normalized spacial score (nSPS) is 18.8. The van der Waals surface area contributed by atoms with E-state index in [4.69, 9.17) is 4.74 Å². The Morgan fingerprint density at radius 1 is 1.30 bits per heavy atom. The van der Waals surface area contributed by atoms with Gasteiger partial charge < -0.3 is 9.64 Å². The van der Waals surface area contributed by atoms with Gasteiger partial charge in [0.2, 0.25) is 0 Å². The molecule has 0 radical (unpaired) electrons. The minimum absolute atomic E-state index is 0.0991. The van der Waals surface area contributed by atoms with E-state index in [2.05, 4.69) is 32.8 Å². The van der Waals surface area contributed by atoms with Crippen molar-refractivity contribution in [2.75, 3.05) is 39.8 Å². The molecule has 20 heavy (non-hydrogen) atoms. The number of benzene rings is 1. The molecule has 1 heterocycles. The monoisotopic (exact) mass is 340 g/mol. The SMILES string of the molecule is C[C@@H](CN1CCN(C)CC1)OC(=O)c1ccccc1Br. The van der Waals surface area contributed by atoms with Gasteiger partial charge in [0.05, 0.1) is 5.56 Å². The van der Waals surface area contributed by atoms with Crippen LogP contribution in [0, 0.1) is 0 Å². The minimum Gasteiger partial charge on any atom is -0.458 e. The Morgan fingerprint density at radius 2 is 1.95 bits per heavy atom. The fraction of sp³-hybridized carbons (Fsp3) is 0.533. The number of hydrogen-bond acceptors (Lipinski definition) is 4. The Kier molecular flexibility index (Phi) is 5.57. The number of carbonyl (C=O) groups excluding carboxylic acids is 1. The predicted molar refractivity (Wildman–Crippen MR) is 83.0 cm³/mol. The highest BCUT2D eigenvalue weighted by molar-refractivity contribution is 9.10. The molecule has 1 fully saturated rings. The Hall–Kier alpha value is -0.910. The van der Waals surface area contributed by atoms with E-state index in [0.29, 0.717) is 5.56 Å². The number of carbonyl (C=O) groups is 1. The summed E-state index contributed by atoms with van der Waals surface area (Å²) in [7, 11) is 2.13. The van der Waals surface area contributed by atoms with Gasteiger partial charge in [-0.05, 0) is 42.0 Å². The maximum atomic E-state index is 12.1. The molecule has 1 aromatic rings. The van der Waals surface area contributed by atoms with Gasteiger partial charge >= 0.3 is 5.97 Å². The maximum Gasteiger partial charge on any atom is 0.339 e. The molecule has 0 saturated carbocycles. The third kappa shape index (κ3) is 4.30. The van der Waals surface area contributed by atoms with Crippen LogP contribution in [0.5, 0.6) is 0 Å². The highest BCUT2D eigenvalue weighted by atomic mass is 79.9. The largest absolute Gasteiger partial charge is 0.458 e. The van der Waals surface area contributed by atoms with Crippen LogP contribution in [0.1, 0.15) is 17.3 Å². The molecule has 5 heteroatoms. The van der Waals surface area contributed by atoms with Gasteiger partial charge in [0.1, 0.15) is 6.10 Å². The van der Waals surface area contributed by atoms with Crippen molar-refractivity contribution < 1.29 is 9.53 Å². The van der Waals surface area contributed by atoms with Crippen molar-refractivity contribution in [2.45, 2.75) is 13.0 Å². The summed E-state index contributed by atoms with van der Waals surface area (Å²) in [5.41, 5.74) is 0.581. The lowest BCUT2D eigenvalue weighted by Crippen LogP contribution is -2.47. The Balaban J connectivity index is 1.84. The Bertz CT molecular complexity index is 459. The van der Waals surface area contributed by atoms with Gasteiger partial charge in [-0.2, -0.15) is 0 Å². The molecule has 1 aliphatic rings. The first-order valence-electron chi connectivity index (χ1n) is 6.92. The van der Waals surface area contributed by atoms with Crippen molar-refractivity contribution in [3.8, 4) is 0 Å². The molecule has 0 aromatic heterocycles. The molecule has 1 aliphatic heterocycles. The molecule has 2 rings (SSSR count). The molecule has 0 unspecified atom stereocenters. The standard InChI is InChI=1S/C15H21BrN2O2/c1-12(11-18-9-7-17(2)8-10-18)20-15(19)13-5-3-4-6-14(13)16/h3-6,12H,7-11H2,1-2H3/t12-/m0/s1. The van der Waals surface area contributed by atoms with Crippen LogP contribution in [-0.4, -0.2) is 61.6 Å². The molecule has 1 atom stereocenters. The van der Waals surface area contributed by atoms with E-state index in [1.54, 1.807) is 6.07 Å². The molecule has 0 N–H and O–H groups in total. The summed E-state index contributed by atoms with van der Waals surface area (Å²) in [5, 5.41) is 0. The number of esters is 1. The summed E-state index contributed by atoms with van der Waals surface area (Å²) in [6.07, 6.45) is -0.0991. The zero-order valence-corrected chi connectivity index (χ0v) is 13.6. The van der Waals surface area contributed by atoms with Crippen LogP contribution in [0.25, 0.3) is 0 Å². The van der Waals surface area contributed by atoms with Gasteiger partial charge in [-0.15, -0.1) is 0 Å². The lowest BCUT2D eigenvalue weighted by atomic mass is 10.2. The average Bonchev–Trinajstić information content (AvgIpc) is 2.41. The van der Waals surface area contributed by atoms with E-state index in [9.17, 15) is 4.79 Å². The molecule has 1 saturated heterocycles. The summed E-state index contributed by atoms with van der Waals surface area (Å²) in [6, 6.07) is 7.34. The zero-order valence-electron chi connectivity index (χ0n) is 12.0.